The zero-order valence-corrected chi connectivity index (χ0v) is 11.5. The number of thiophene rings is 1. The molecule has 0 spiro atoms. The molecule has 0 unspecified atom stereocenters. The molecule has 0 atom stereocenters. The van der Waals surface area contributed by atoms with Gasteiger partial charge in [-0.15, -0.1) is 0 Å². The zero-order chi connectivity index (χ0) is 12.1. The molecule has 0 fully saturated rings. The van der Waals surface area contributed by atoms with Gasteiger partial charge in [0.15, 0.2) is 0 Å². The second-order valence-corrected chi connectivity index (χ2v) is 5.17. The molecule has 4 heteroatoms. The van der Waals surface area contributed by atoms with Gasteiger partial charge >= 0.3 is 0 Å². The highest BCUT2D eigenvalue weighted by molar-refractivity contribution is 9.10. The summed E-state index contributed by atoms with van der Waals surface area (Å²) in [6.07, 6.45) is 1.71. The average molecular weight is 311 g/mol. The van der Waals surface area contributed by atoms with Gasteiger partial charge in [0.1, 0.15) is 12.0 Å². The number of halogens is 1. The van der Waals surface area contributed by atoms with Crippen molar-refractivity contribution in [2.45, 2.75) is 6.42 Å². The van der Waals surface area contributed by atoms with E-state index in [-0.39, 0.29) is 0 Å². The van der Waals surface area contributed by atoms with Crippen LogP contribution in [0.3, 0.4) is 0 Å². The quantitative estimate of drug-likeness (QED) is 0.782. The molecular weight excluding hydrogens is 300 g/mol. The topological polar surface area (TPSA) is 26.3 Å². The van der Waals surface area contributed by atoms with Gasteiger partial charge in [0.25, 0.3) is 0 Å². The Morgan fingerprint density at radius 1 is 1.35 bits per heavy atom. The van der Waals surface area contributed by atoms with Crippen LogP contribution in [0.4, 0.5) is 0 Å². The minimum absolute atomic E-state index is 0.635. The highest BCUT2D eigenvalue weighted by Crippen LogP contribution is 2.25. The summed E-state index contributed by atoms with van der Waals surface area (Å²) >= 11 is 5.08. The Labute approximate surface area is 112 Å². The van der Waals surface area contributed by atoms with Crippen molar-refractivity contribution in [1.29, 1.82) is 0 Å². The second kappa shape index (κ2) is 5.98. The number of ether oxygens (including phenoxy) is 1. The maximum Gasteiger partial charge on any atom is 0.150 e. The third kappa shape index (κ3) is 3.41. The largest absolute Gasteiger partial charge is 0.492 e. The molecule has 2 rings (SSSR count). The number of hydrogen-bond acceptors (Lipinski definition) is 3. The molecule has 0 saturated heterocycles. The van der Waals surface area contributed by atoms with Gasteiger partial charge in [-0.25, -0.2) is 0 Å². The van der Waals surface area contributed by atoms with E-state index in [1.165, 1.54) is 5.56 Å². The molecule has 88 valence electrons. The number of carbonyl (C=O) groups is 1. The normalized spacial score (nSPS) is 10.2. The Morgan fingerprint density at radius 3 is 2.88 bits per heavy atom. The van der Waals surface area contributed by atoms with Crippen LogP contribution in [0, 0.1) is 0 Å². The first-order valence-corrected chi connectivity index (χ1v) is 6.92. The van der Waals surface area contributed by atoms with Crippen LogP contribution in [0.1, 0.15) is 15.9 Å². The molecule has 2 nitrogen and oxygen atoms in total. The fraction of sp³-hybridized carbons (Fsp3) is 0.154. The van der Waals surface area contributed by atoms with E-state index in [2.05, 4.69) is 32.8 Å². The standard InChI is InChI=1S/C13H11BrO2S/c14-12-7-11(8-15)1-2-13(12)16-5-3-10-4-6-17-9-10/h1-2,4,6-9H,3,5H2. The summed E-state index contributed by atoms with van der Waals surface area (Å²) in [4.78, 5) is 10.6. The molecule has 0 N–H and O–H groups in total. The Morgan fingerprint density at radius 2 is 2.24 bits per heavy atom. The van der Waals surface area contributed by atoms with Gasteiger partial charge in [0.05, 0.1) is 11.1 Å². The van der Waals surface area contributed by atoms with Crippen LogP contribution in [0.15, 0.2) is 39.5 Å². The number of aldehydes is 1. The molecule has 2 aromatic rings. The lowest BCUT2D eigenvalue weighted by molar-refractivity contribution is 0.112. The smallest absolute Gasteiger partial charge is 0.150 e. The SMILES string of the molecule is O=Cc1ccc(OCCc2ccsc2)c(Br)c1. The number of rotatable bonds is 5. The lowest BCUT2D eigenvalue weighted by Crippen LogP contribution is -2.01. The first kappa shape index (κ1) is 12.3. The van der Waals surface area contributed by atoms with Crippen LogP contribution in [-0.2, 0) is 6.42 Å². The van der Waals surface area contributed by atoms with Crippen molar-refractivity contribution in [1.82, 2.24) is 0 Å². The van der Waals surface area contributed by atoms with Gasteiger partial charge in [0, 0.05) is 12.0 Å². The van der Waals surface area contributed by atoms with Crippen molar-refractivity contribution in [2.24, 2.45) is 0 Å². The van der Waals surface area contributed by atoms with Crippen molar-refractivity contribution in [3.8, 4) is 5.75 Å². The van der Waals surface area contributed by atoms with E-state index in [0.29, 0.717) is 12.2 Å². The Kier molecular flexibility index (Phi) is 4.34. The minimum Gasteiger partial charge on any atom is -0.492 e. The number of benzene rings is 1. The van der Waals surface area contributed by atoms with Crippen molar-refractivity contribution in [3.05, 3.63) is 50.6 Å². The van der Waals surface area contributed by atoms with Crippen LogP contribution >= 0.6 is 27.3 Å². The predicted molar refractivity (Wildman–Crippen MR) is 73.0 cm³/mol. The summed E-state index contributed by atoms with van der Waals surface area (Å²) in [7, 11) is 0. The Bertz CT molecular complexity index is 494. The maximum absolute atomic E-state index is 10.6. The van der Waals surface area contributed by atoms with Gasteiger partial charge in [-0.2, -0.15) is 11.3 Å². The van der Waals surface area contributed by atoms with E-state index >= 15 is 0 Å². The Hall–Kier alpha value is -1.13. The summed E-state index contributed by atoms with van der Waals surface area (Å²) in [5, 5.41) is 4.18. The predicted octanol–water partition coefficient (Wildman–Crippen LogP) is 3.94. The van der Waals surface area contributed by atoms with E-state index in [1.54, 1.807) is 29.5 Å². The first-order chi connectivity index (χ1) is 8.29. The fourth-order valence-electron chi connectivity index (χ4n) is 1.42. The van der Waals surface area contributed by atoms with E-state index in [0.717, 1.165) is 22.9 Å². The van der Waals surface area contributed by atoms with Crippen LogP contribution in [0.25, 0.3) is 0 Å². The number of hydrogen-bond donors (Lipinski definition) is 0. The molecule has 0 saturated carbocycles. The molecule has 0 aliphatic carbocycles. The summed E-state index contributed by atoms with van der Waals surface area (Å²) in [5.74, 6) is 0.769. The monoisotopic (exact) mass is 310 g/mol. The highest BCUT2D eigenvalue weighted by atomic mass is 79.9. The third-order valence-corrected chi connectivity index (χ3v) is 3.67. The van der Waals surface area contributed by atoms with Gasteiger partial charge < -0.3 is 4.74 Å². The van der Waals surface area contributed by atoms with Crippen LogP contribution in [0.5, 0.6) is 5.75 Å². The second-order valence-electron chi connectivity index (χ2n) is 3.54. The fourth-order valence-corrected chi connectivity index (χ4v) is 2.64. The van der Waals surface area contributed by atoms with Crippen molar-refractivity contribution < 1.29 is 9.53 Å². The van der Waals surface area contributed by atoms with Crippen LogP contribution < -0.4 is 4.74 Å². The van der Waals surface area contributed by atoms with Gasteiger partial charge in [-0.3, -0.25) is 4.79 Å². The minimum atomic E-state index is 0.635. The van der Waals surface area contributed by atoms with E-state index in [9.17, 15) is 4.79 Å². The molecule has 0 aliphatic heterocycles. The van der Waals surface area contributed by atoms with E-state index < -0.39 is 0 Å². The Balaban J connectivity index is 1.92. The molecular formula is C13H11BrO2S. The molecule has 0 radical (unpaired) electrons. The molecule has 1 heterocycles. The van der Waals surface area contributed by atoms with Crippen molar-refractivity contribution in [2.75, 3.05) is 6.61 Å². The third-order valence-electron chi connectivity index (χ3n) is 2.32. The lowest BCUT2D eigenvalue weighted by atomic mass is 10.2. The summed E-state index contributed by atoms with van der Waals surface area (Å²) in [5.41, 5.74) is 1.93. The van der Waals surface area contributed by atoms with Crippen LogP contribution in [-0.4, -0.2) is 12.9 Å². The maximum atomic E-state index is 10.6. The lowest BCUT2D eigenvalue weighted by Gasteiger charge is -2.07. The van der Waals surface area contributed by atoms with Gasteiger partial charge in [-0.1, -0.05) is 0 Å². The molecule has 1 aromatic carbocycles. The summed E-state index contributed by atoms with van der Waals surface area (Å²) < 4.78 is 6.46. The molecule has 0 amide bonds. The molecule has 17 heavy (non-hydrogen) atoms. The molecule has 0 aliphatic rings. The summed E-state index contributed by atoms with van der Waals surface area (Å²) in [6, 6.07) is 7.41. The van der Waals surface area contributed by atoms with E-state index in [1.807, 2.05) is 0 Å². The average Bonchev–Trinajstić information content (AvgIpc) is 2.84. The van der Waals surface area contributed by atoms with Crippen LogP contribution in [0.2, 0.25) is 0 Å². The summed E-state index contributed by atoms with van der Waals surface area (Å²) in [6.45, 7) is 0.635. The first-order valence-electron chi connectivity index (χ1n) is 5.18. The van der Waals surface area contributed by atoms with Gasteiger partial charge in [-0.05, 0) is 56.5 Å². The molecule has 0 bridgehead atoms. The van der Waals surface area contributed by atoms with Crippen molar-refractivity contribution >= 4 is 33.6 Å². The van der Waals surface area contributed by atoms with Crippen molar-refractivity contribution in [3.63, 3.8) is 0 Å². The van der Waals surface area contributed by atoms with Gasteiger partial charge in [0.2, 0.25) is 0 Å². The molecule has 1 aromatic heterocycles. The zero-order valence-electron chi connectivity index (χ0n) is 9.06. The number of carbonyl (C=O) groups excluding carboxylic acids is 1. The highest BCUT2D eigenvalue weighted by Gasteiger charge is 2.02. The van der Waals surface area contributed by atoms with E-state index in [4.69, 9.17) is 4.74 Å².